The molecule has 1 aliphatic carbocycles. The quantitative estimate of drug-likeness (QED) is 0.103. The fourth-order valence-corrected chi connectivity index (χ4v) is 19.4. The second-order valence-corrected chi connectivity index (χ2v) is 22.9. The van der Waals surface area contributed by atoms with Crippen molar-refractivity contribution < 1.29 is 0 Å². The molecule has 9 aromatic rings. The number of hydrogen-bond acceptors (Lipinski definition) is 0. The van der Waals surface area contributed by atoms with E-state index in [2.05, 4.69) is 249 Å². The lowest BCUT2D eigenvalue weighted by molar-refractivity contribution is 0.921. The third-order valence-electron chi connectivity index (χ3n) is 12.3. The van der Waals surface area contributed by atoms with E-state index >= 15 is 0 Å². The van der Waals surface area contributed by atoms with Gasteiger partial charge in [0.05, 0.1) is 0 Å². The third kappa shape index (κ3) is 5.96. The van der Waals surface area contributed by atoms with Crippen LogP contribution in [0.25, 0.3) is 10.8 Å². The van der Waals surface area contributed by atoms with Crippen LogP contribution < -0.4 is 36.3 Å². The number of rotatable bonds is 9. The number of allylic oxidation sites excluding steroid dienone is 2. The van der Waals surface area contributed by atoms with Crippen LogP contribution >= 0.6 is 0 Å². The molecule has 274 valence electrons. The molecule has 0 unspecified atom stereocenters. The van der Waals surface area contributed by atoms with Crippen LogP contribution in [0.15, 0.2) is 242 Å². The fourth-order valence-electron chi connectivity index (χ4n) is 9.76. The van der Waals surface area contributed by atoms with E-state index in [-0.39, 0.29) is 5.92 Å². The Balaban J connectivity index is 1.31. The summed E-state index contributed by atoms with van der Waals surface area (Å²) < 4.78 is 0. The summed E-state index contributed by atoms with van der Waals surface area (Å²) in [5.41, 5.74) is 3.87. The van der Waals surface area contributed by atoms with Crippen molar-refractivity contribution in [3.8, 4) is 0 Å². The predicted octanol–water partition coefficient (Wildman–Crippen LogP) is 8.14. The predicted molar refractivity (Wildman–Crippen MR) is 249 cm³/mol. The molecule has 10 rings (SSSR count). The molecule has 0 saturated heterocycles. The summed E-state index contributed by atoms with van der Waals surface area (Å²) in [5, 5.41) is 13.3. The number of benzene rings is 9. The summed E-state index contributed by atoms with van der Waals surface area (Å²) in [7, 11) is -5.74. The van der Waals surface area contributed by atoms with Crippen LogP contribution in [-0.4, -0.2) is 16.1 Å². The highest BCUT2D eigenvalue weighted by Gasteiger charge is 2.46. The zero-order valence-electron chi connectivity index (χ0n) is 32.3. The summed E-state index contributed by atoms with van der Waals surface area (Å²) in [4.78, 5) is 0. The molecular formula is C56H42Si2. The average molecular weight is 771 g/mol. The Labute approximate surface area is 344 Å². The van der Waals surface area contributed by atoms with Crippen LogP contribution in [0, 0.1) is 12.1 Å². The molecule has 9 aromatic carbocycles. The zero-order valence-corrected chi connectivity index (χ0v) is 34.3. The Kier molecular flexibility index (Phi) is 9.50. The van der Waals surface area contributed by atoms with Gasteiger partial charge in [0.2, 0.25) is 0 Å². The van der Waals surface area contributed by atoms with E-state index in [0.717, 1.165) is 6.42 Å². The van der Waals surface area contributed by atoms with Crippen LogP contribution in [0.1, 0.15) is 22.6 Å². The molecule has 2 radical (unpaired) electrons. The van der Waals surface area contributed by atoms with Crippen molar-refractivity contribution in [3.63, 3.8) is 0 Å². The Hall–Kier alpha value is -6.59. The molecule has 0 bridgehead atoms. The molecule has 0 spiro atoms. The zero-order chi connectivity index (χ0) is 38.8. The lowest BCUT2D eigenvalue weighted by Crippen LogP contribution is -2.74. The van der Waals surface area contributed by atoms with E-state index < -0.39 is 16.1 Å². The molecular weight excluding hydrogens is 729 g/mol. The van der Waals surface area contributed by atoms with Gasteiger partial charge in [-0.15, -0.1) is 0 Å². The van der Waals surface area contributed by atoms with Crippen LogP contribution in [0.5, 0.6) is 0 Å². The molecule has 0 aliphatic heterocycles. The maximum Gasteiger partial charge on any atom is 0.180 e. The standard InChI is InChI=1S/C56H42Si2/c1-7-25-45(26-8-1)57(46-27-9-2-10-28-46,47-29-11-3-12-30-47)51-39-43-23-19-21-37-53(43)55(41-51)56-42-52(40-44-24-20-22-38-54(44)56)58(48-31-13-4-14-32-48,49-33-15-5-16-34-49)50-35-17-6-18-36-50/h1-39,56H,40H2/t56-/m0/s1. The monoisotopic (exact) mass is 770 g/mol. The van der Waals surface area contributed by atoms with E-state index in [1.165, 1.54) is 69.0 Å². The van der Waals surface area contributed by atoms with Gasteiger partial charge in [0.1, 0.15) is 0 Å². The maximum atomic E-state index is 4.42. The van der Waals surface area contributed by atoms with E-state index in [9.17, 15) is 0 Å². The minimum Gasteiger partial charge on any atom is -0.0623 e. The topological polar surface area (TPSA) is 0 Å². The van der Waals surface area contributed by atoms with Gasteiger partial charge in [-0.3, -0.25) is 0 Å². The molecule has 0 heterocycles. The van der Waals surface area contributed by atoms with Crippen molar-refractivity contribution in [2.45, 2.75) is 12.3 Å². The molecule has 0 amide bonds. The second-order valence-electron chi connectivity index (χ2n) is 15.3. The molecule has 0 aromatic heterocycles. The highest BCUT2D eigenvalue weighted by atomic mass is 28.3. The maximum absolute atomic E-state index is 4.42. The van der Waals surface area contributed by atoms with E-state index in [1.807, 2.05) is 0 Å². The third-order valence-corrected chi connectivity index (χ3v) is 21.8. The van der Waals surface area contributed by atoms with Crippen molar-refractivity contribution in [1.29, 1.82) is 0 Å². The second kappa shape index (κ2) is 15.4. The minimum absolute atomic E-state index is 0.137. The molecule has 1 aliphatic rings. The largest absolute Gasteiger partial charge is 0.180 e. The van der Waals surface area contributed by atoms with Crippen molar-refractivity contribution in [1.82, 2.24) is 0 Å². The first-order valence-electron chi connectivity index (χ1n) is 20.3. The molecule has 0 nitrogen and oxygen atoms in total. The van der Waals surface area contributed by atoms with Crippen molar-refractivity contribution >= 4 is 63.2 Å². The van der Waals surface area contributed by atoms with Crippen molar-refractivity contribution in [2.75, 3.05) is 0 Å². The van der Waals surface area contributed by atoms with Gasteiger partial charge in [-0.1, -0.05) is 242 Å². The van der Waals surface area contributed by atoms with Crippen molar-refractivity contribution in [2.24, 2.45) is 0 Å². The van der Waals surface area contributed by atoms with E-state index in [0.29, 0.717) is 0 Å². The molecule has 0 N–H and O–H groups in total. The molecule has 1 atom stereocenters. The highest BCUT2D eigenvalue weighted by molar-refractivity contribution is 7.20. The summed E-state index contributed by atoms with van der Waals surface area (Å²) in [6, 6.07) is 92.4. The molecule has 0 fully saturated rings. The van der Waals surface area contributed by atoms with Gasteiger partial charge in [-0.25, -0.2) is 0 Å². The van der Waals surface area contributed by atoms with Gasteiger partial charge < -0.3 is 0 Å². The minimum atomic E-state index is -2.90. The Morgan fingerprint density at radius 2 is 0.759 bits per heavy atom. The smallest absolute Gasteiger partial charge is 0.0623 e. The van der Waals surface area contributed by atoms with Crippen LogP contribution in [0.3, 0.4) is 0 Å². The van der Waals surface area contributed by atoms with Gasteiger partial charge in [0.25, 0.3) is 0 Å². The lowest BCUT2D eigenvalue weighted by Gasteiger charge is -2.39. The molecule has 2 heteroatoms. The summed E-state index contributed by atoms with van der Waals surface area (Å²) in [5.74, 6) is -0.137. The first-order valence-corrected chi connectivity index (χ1v) is 24.3. The normalized spacial score (nSPS) is 14.1. The van der Waals surface area contributed by atoms with Crippen molar-refractivity contribution in [3.05, 3.63) is 271 Å². The summed E-state index contributed by atoms with van der Waals surface area (Å²) >= 11 is 0. The van der Waals surface area contributed by atoms with Gasteiger partial charge >= 0.3 is 0 Å². The van der Waals surface area contributed by atoms with Gasteiger partial charge in [0, 0.05) is 5.92 Å². The number of fused-ring (bicyclic) bond motifs is 2. The summed E-state index contributed by atoms with van der Waals surface area (Å²) in [6.07, 6.45) is 5.25. The van der Waals surface area contributed by atoms with Gasteiger partial charge in [-0.05, 0) is 82.3 Å². The van der Waals surface area contributed by atoms with Gasteiger partial charge in [-0.2, -0.15) is 0 Å². The SMILES string of the molecule is [C]1=C([Si](c2ccccc2)(c2ccccc2)c2ccccc2)Cc2ccccc2[C@H]1c1[c]c([Si](c2ccccc2)(c2ccccc2)c2ccccc2)cc2ccccc12. The van der Waals surface area contributed by atoms with E-state index in [1.54, 1.807) is 0 Å². The summed E-state index contributed by atoms with van der Waals surface area (Å²) in [6.45, 7) is 0. The number of hydrogen-bond donors (Lipinski definition) is 0. The highest BCUT2D eigenvalue weighted by Crippen LogP contribution is 2.40. The molecule has 58 heavy (non-hydrogen) atoms. The van der Waals surface area contributed by atoms with Crippen LogP contribution in [0.4, 0.5) is 0 Å². The molecule has 0 saturated carbocycles. The van der Waals surface area contributed by atoms with Crippen LogP contribution in [-0.2, 0) is 6.42 Å². The Morgan fingerprint density at radius 3 is 1.22 bits per heavy atom. The van der Waals surface area contributed by atoms with Crippen LogP contribution in [0.2, 0.25) is 0 Å². The fraction of sp³-hybridized carbons (Fsp3) is 0.0357. The van der Waals surface area contributed by atoms with Gasteiger partial charge in [0.15, 0.2) is 16.1 Å². The first-order chi connectivity index (χ1) is 28.8. The lowest BCUT2D eigenvalue weighted by atomic mass is 9.81. The van der Waals surface area contributed by atoms with E-state index in [4.69, 9.17) is 0 Å². The Bertz CT molecular complexity index is 2640. The first kappa shape index (κ1) is 35.8. The average Bonchev–Trinajstić information content (AvgIpc) is 3.31. The Morgan fingerprint density at radius 1 is 0.379 bits per heavy atom.